The van der Waals surface area contributed by atoms with Crippen molar-refractivity contribution in [2.45, 2.75) is 33.3 Å². The van der Waals surface area contributed by atoms with Crippen molar-refractivity contribution >= 4 is 12.1 Å². The van der Waals surface area contributed by atoms with Gasteiger partial charge in [-0.3, -0.25) is 5.32 Å². The molecule has 5 nitrogen and oxygen atoms in total. The summed E-state index contributed by atoms with van der Waals surface area (Å²) >= 11 is 0. The van der Waals surface area contributed by atoms with Gasteiger partial charge in [-0.1, -0.05) is 24.3 Å². The lowest BCUT2D eigenvalue weighted by Crippen LogP contribution is -2.33. The molecule has 0 aliphatic heterocycles. The largest absolute Gasteiger partial charge is 0.462 e. The van der Waals surface area contributed by atoms with Crippen LogP contribution in [0.3, 0.4) is 0 Å². The summed E-state index contributed by atoms with van der Waals surface area (Å²) < 4.78 is 10.2. The number of rotatable bonds is 3. The number of hydrogen-bond acceptors (Lipinski definition) is 4. The first kappa shape index (κ1) is 16.8. The average molecular weight is 291 g/mol. The third-order valence-corrected chi connectivity index (χ3v) is 2.28. The predicted octanol–water partition coefficient (Wildman–Crippen LogP) is 3.01. The topological polar surface area (TPSA) is 64.6 Å². The van der Waals surface area contributed by atoms with Gasteiger partial charge in [0.05, 0.1) is 17.9 Å². The summed E-state index contributed by atoms with van der Waals surface area (Å²) in [4.78, 5) is 23.8. The molecule has 0 fully saturated rings. The number of esters is 1. The fourth-order valence-corrected chi connectivity index (χ4v) is 1.52. The normalized spacial score (nSPS) is 22.5. The highest BCUT2D eigenvalue weighted by Gasteiger charge is 2.21. The molecule has 0 aromatic rings. The molecular weight excluding hydrogens is 270 g/mol. The number of allylic oxidation sites excluding steroid dienone is 6. The Morgan fingerprint density at radius 1 is 1.10 bits per heavy atom. The van der Waals surface area contributed by atoms with Crippen molar-refractivity contribution in [3.05, 3.63) is 47.7 Å². The molecule has 5 heteroatoms. The number of amides is 1. The Hall–Kier alpha value is -2.30. The molecule has 21 heavy (non-hydrogen) atoms. The minimum atomic E-state index is -0.623. The number of alkyl carbamates (subject to hydrolysis) is 1. The summed E-state index contributed by atoms with van der Waals surface area (Å²) in [5, 5.41) is 2.58. The molecule has 0 saturated carbocycles. The molecule has 114 valence electrons. The molecule has 1 amide bonds. The van der Waals surface area contributed by atoms with E-state index in [1.54, 1.807) is 64.2 Å². The maximum atomic E-state index is 12.0. The van der Waals surface area contributed by atoms with Crippen molar-refractivity contribution in [3.63, 3.8) is 0 Å². The summed E-state index contributed by atoms with van der Waals surface area (Å²) in [5.74, 6) is -0.500. The van der Waals surface area contributed by atoms with E-state index < -0.39 is 17.7 Å². The van der Waals surface area contributed by atoms with Crippen LogP contribution in [0.5, 0.6) is 0 Å². The fraction of sp³-hybridized carbons (Fsp3) is 0.375. The maximum absolute atomic E-state index is 12.0. The quantitative estimate of drug-likeness (QED) is 0.812. The lowest BCUT2D eigenvalue weighted by Gasteiger charge is -2.21. The third kappa shape index (κ3) is 6.12. The molecule has 0 heterocycles. The van der Waals surface area contributed by atoms with Crippen molar-refractivity contribution in [2.75, 3.05) is 6.61 Å². The van der Waals surface area contributed by atoms with E-state index in [4.69, 9.17) is 9.47 Å². The highest BCUT2D eigenvalue weighted by Crippen LogP contribution is 2.14. The van der Waals surface area contributed by atoms with Gasteiger partial charge >= 0.3 is 12.1 Å². The van der Waals surface area contributed by atoms with Crippen LogP contribution in [0.1, 0.15) is 27.7 Å². The highest BCUT2D eigenvalue weighted by atomic mass is 16.6. The van der Waals surface area contributed by atoms with Crippen molar-refractivity contribution in [1.29, 1.82) is 0 Å². The van der Waals surface area contributed by atoms with Gasteiger partial charge in [-0.15, -0.1) is 0 Å². The molecule has 0 radical (unpaired) electrons. The Bertz CT molecular complexity index is 519. The molecule has 1 aliphatic rings. The Kier molecular flexibility index (Phi) is 5.96. The van der Waals surface area contributed by atoms with E-state index >= 15 is 0 Å². The average Bonchev–Trinajstić information content (AvgIpc) is 2.30. The summed E-state index contributed by atoms with van der Waals surface area (Å²) in [6.45, 7) is 7.29. The zero-order valence-corrected chi connectivity index (χ0v) is 12.8. The van der Waals surface area contributed by atoms with Crippen molar-refractivity contribution in [1.82, 2.24) is 5.32 Å². The van der Waals surface area contributed by atoms with Crippen LogP contribution in [-0.4, -0.2) is 24.3 Å². The van der Waals surface area contributed by atoms with Gasteiger partial charge in [0, 0.05) is 0 Å². The molecule has 0 aromatic carbocycles. The van der Waals surface area contributed by atoms with Crippen molar-refractivity contribution in [2.24, 2.45) is 0 Å². The fourth-order valence-electron chi connectivity index (χ4n) is 1.52. The van der Waals surface area contributed by atoms with Crippen LogP contribution >= 0.6 is 0 Å². The first-order valence-electron chi connectivity index (χ1n) is 6.76. The van der Waals surface area contributed by atoms with E-state index in [2.05, 4.69) is 5.32 Å². The van der Waals surface area contributed by atoms with Crippen LogP contribution in [0.4, 0.5) is 4.79 Å². The van der Waals surface area contributed by atoms with E-state index in [1.807, 2.05) is 0 Å². The number of carbonyl (C=O) groups excluding carboxylic acids is 2. The first-order chi connectivity index (χ1) is 9.83. The standard InChI is InChI=1S/C16H21NO4/c1-5-20-14(18)12-10-8-6-7-9-11-13(12)17-15(19)21-16(2,3)4/h6-11H,5H2,1-4H3,(H,17,19)/b7-6?,8-6-,9-7-,10-8?,11-9?,12-10+,13-11+,13-12?. The molecule has 0 unspecified atom stereocenters. The third-order valence-electron chi connectivity index (χ3n) is 2.28. The van der Waals surface area contributed by atoms with Gasteiger partial charge in [-0.2, -0.15) is 0 Å². The van der Waals surface area contributed by atoms with Crippen molar-refractivity contribution in [3.8, 4) is 0 Å². The Labute approximate surface area is 125 Å². The lowest BCUT2D eigenvalue weighted by atomic mass is 10.1. The molecule has 0 saturated heterocycles. The summed E-state index contributed by atoms with van der Waals surface area (Å²) in [5.41, 5.74) is -0.0119. The smallest absolute Gasteiger partial charge is 0.412 e. The van der Waals surface area contributed by atoms with Crippen LogP contribution < -0.4 is 5.32 Å². The molecule has 0 aromatic heterocycles. The summed E-state index contributed by atoms with van der Waals surface area (Å²) in [6.07, 6.45) is 9.57. The first-order valence-corrected chi connectivity index (χ1v) is 6.76. The Morgan fingerprint density at radius 2 is 1.71 bits per heavy atom. The number of nitrogens with one attached hydrogen (secondary N) is 1. The van der Waals surface area contributed by atoms with E-state index in [0.717, 1.165) is 0 Å². The number of ether oxygens (including phenoxy) is 2. The predicted molar refractivity (Wildman–Crippen MR) is 80.4 cm³/mol. The monoisotopic (exact) mass is 291 g/mol. The lowest BCUT2D eigenvalue weighted by molar-refractivity contribution is -0.138. The molecule has 1 aliphatic carbocycles. The van der Waals surface area contributed by atoms with Gasteiger partial charge in [-0.25, -0.2) is 9.59 Å². The summed E-state index contributed by atoms with van der Waals surface area (Å²) in [6, 6.07) is 0. The van der Waals surface area contributed by atoms with Gasteiger partial charge in [-0.05, 0) is 39.8 Å². The van der Waals surface area contributed by atoms with Gasteiger partial charge < -0.3 is 9.47 Å². The Balaban J connectivity index is 2.93. The number of hydrogen-bond donors (Lipinski definition) is 1. The zero-order valence-electron chi connectivity index (χ0n) is 12.8. The van der Waals surface area contributed by atoms with Gasteiger partial charge in [0.15, 0.2) is 0 Å². The van der Waals surface area contributed by atoms with Crippen LogP contribution in [0.2, 0.25) is 0 Å². The van der Waals surface area contributed by atoms with Crippen molar-refractivity contribution < 1.29 is 19.1 Å². The molecule has 0 bridgehead atoms. The molecule has 1 rings (SSSR count). The SMILES string of the molecule is CCOC(=O)C1=C/C=C\C=C/C=C\1NC(=O)OC(C)(C)C. The molecule has 0 atom stereocenters. The zero-order chi connectivity index (χ0) is 15.9. The van der Waals surface area contributed by atoms with Crippen LogP contribution in [-0.2, 0) is 14.3 Å². The maximum Gasteiger partial charge on any atom is 0.412 e. The van der Waals surface area contributed by atoms with Gasteiger partial charge in [0.1, 0.15) is 5.60 Å². The molecular formula is C16H21NO4. The van der Waals surface area contributed by atoms with Crippen LogP contribution in [0.25, 0.3) is 0 Å². The van der Waals surface area contributed by atoms with E-state index in [1.165, 1.54) is 0 Å². The minimum absolute atomic E-state index is 0.259. The second-order valence-electron chi connectivity index (χ2n) is 5.28. The molecule has 1 N–H and O–H groups in total. The van der Waals surface area contributed by atoms with E-state index in [0.29, 0.717) is 5.70 Å². The van der Waals surface area contributed by atoms with E-state index in [9.17, 15) is 9.59 Å². The van der Waals surface area contributed by atoms with Gasteiger partial charge in [0.2, 0.25) is 0 Å². The summed E-state index contributed by atoms with van der Waals surface area (Å²) in [7, 11) is 0. The Morgan fingerprint density at radius 3 is 2.29 bits per heavy atom. The van der Waals surface area contributed by atoms with Crippen LogP contribution in [0.15, 0.2) is 47.7 Å². The number of carbonyl (C=O) groups is 2. The van der Waals surface area contributed by atoms with Gasteiger partial charge in [0.25, 0.3) is 0 Å². The highest BCUT2D eigenvalue weighted by molar-refractivity contribution is 5.95. The van der Waals surface area contributed by atoms with E-state index in [-0.39, 0.29) is 12.2 Å². The molecule has 0 spiro atoms. The van der Waals surface area contributed by atoms with Crippen LogP contribution in [0, 0.1) is 0 Å². The second kappa shape index (κ2) is 7.47. The second-order valence-corrected chi connectivity index (χ2v) is 5.28. The minimum Gasteiger partial charge on any atom is -0.462 e.